The van der Waals surface area contributed by atoms with Gasteiger partial charge in [0.05, 0.1) is 0 Å². The van der Waals surface area contributed by atoms with Gasteiger partial charge in [-0.2, -0.15) is 0 Å². The number of rotatable bonds is 94. The first-order valence-corrected chi connectivity index (χ1v) is 54.1. The molecule has 730 valence electrons. The largest absolute Gasteiger partial charge is 0.462 e. The lowest BCUT2D eigenvalue weighted by atomic mass is 9.64. The molecule has 0 saturated heterocycles. The van der Waals surface area contributed by atoms with E-state index in [0.717, 1.165) is 238 Å². The van der Waals surface area contributed by atoms with Crippen molar-refractivity contribution in [2.75, 3.05) is 26.4 Å². The quantitative estimate of drug-likeness (QED) is 0.0187. The summed E-state index contributed by atoms with van der Waals surface area (Å²) in [5, 5.41) is 0. The third-order valence-electron chi connectivity index (χ3n) is 25.0. The van der Waals surface area contributed by atoms with Crippen LogP contribution in [0.2, 0.25) is 0 Å². The average molecular weight is 1770 g/mol. The predicted molar refractivity (Wildman–Crippen MR) is 540 cm³/mol. The zero-order valence-corrected chi connectivity index (χ0v) is 83.4. The number of unbranched alkanes of at least 4 members (excludes halogenated alkanes) is 47. The van der Waals surface area contributed by atoms with Gasteiger partial charge in [-0.3, -0.25) is 28.8 Å². The number of hydrogen-bond donors (Lipinski definition) is 0. The molecule has 6 atom stereocenters. The molecule has 12 nitrogen and oxygen atoms in total. The van der Waals surface area contributed by atoms with Crippen LogP contribution in [0, 0.1) is 23.7 Å². The molecule has 0 N–H and O–H groups in total. The third kappa shape index (κ3) is 83.1. The van der Waals surface area contributed by atoms with E-state index in [0.29, 0.717) is 49.4 Å². The zero-order valence-electron chi connectivity index (χ0n) is 83.4. The van der Waals surface area contributed by atoms with E-state index in [2.05, 4.69) is 163 Å². The first-order chi connectivity index (χ1) is 62.5. The Balaban J connectivity index is 2.89. The van der Waals surface area contributed by atoms with Crippen LogP contribution in [-0.4, -0.2) is 74.5 Å². The van der Waals surface area contributed by atoms with Crippen molar-refractivity contribution in [1.82, 2.24) is 0 Å². The van der Waals surface area contributed by atoms with Crippen molar-refractivity contribution in [1.29, 1.82) is 0 Å². The molecule has 0 aromatic rings. The Morgan fingerprint density at radius 2 is 0.449 bits per heavy atom. The highest BCUT2D eigenvalue weighted by Crippen LogP contribution is 2.45. The summed E-state index contributed by atoms with van der Waals surface area (Å²) in [6.45, 7) is 12.9. The summed E-state index contributed by atoms with van der Waals surface area (Å²) in [6.07, 6.45) is 121. The summed E-state index contributed by atoms with van der Waals surface area (Å²) in [4.78, 5) is 79.1. The molecule has 0 aromatic carbocycles. The molecule has 0 radical (unpaired) electrons. The highest BCUT2D eigenvalue weighted by Gasteiger charge is 2.35. The first kappa shape index (κ1) is 119. The van der Waals surface area contributed by atoms with Crippen molar-refractivity contribution in [3.63, 3.8) is 0 Å². The molecule has 0 spiro atoms. The molecule has 1 aliphatic rings. The minimum Gasteiger partial charge on any atom is -0.462 e. The van der Waals surface area contributed by atoms with Crippen LogP contribution >= 0.6 is 0 Å². The Bertz CT molecular complexity index is 2820. The lowest BCUT2D eigenvalue weighted by Crippen LogP contribution is -2.32. The maximum atomic E-state index is 13.3. The molecule has 0 bridgehead atoms. The molecule has 6 unspecified atom stereocenters. The van der Waals surface area contributed by atoms with Gasteiger partial charge in [-0.1, -0.05) is 401 Å². The van der Waals surface area contributed by atoms with Crippen molar-refractivity contribution in [3.05, 3.63) is 122 Å². The molecule has 12 heteroatoms. The van der Waals surface area contributed by atoms with E-state index in [-0.39, 0.29) is 75.1 Å². The van der Waals surface area contributed by atoms with Gasteiger partial charge < -0.3 is 28.4 Å². The van der Waals surface area contributed by atoms with Gasteiger partial charge in [-0.05, 0) is 216 Å². The zero-order chi connectivity index (χ0) is 91.8. The van der Waals surface area contributed by atoms with E-state index in [9.17, 15) is 28.8 Å². The van der Waals surface area contributed by atoms with Crippen LogP contribution in [0.15, 0.2) is 122 Å². The van der Waals surface area contributed by atoms with Crippen molar-refractivity contribution in [3.8, 4) is 0 Å². The first-order valence-electron chi connectivity index (χ1n) is 54.1. The van der Waals surface area contributed by atoms with Crippen molar-refractivity contribution < 1.29 is 57.2 Å². The summed E-state index contributed by atoms with van der Waals surface area (Å²) >= 11 is 0. The maximum absolute atomic E-state index is 13.3. The fourth-order valence-electron chi connectivity index (χ4n) is 17.1. The Hall–Kier alpha value is -5.78. The van der Waals surface area contributed by atoms with E-state index in [4.69, 9.17) is 28.4 Å². The molecule has 0 aromatic heterocycles. The normalized spacial score (nSPS) is 15.5. The molecule has 0 fully saturated rings. The standard InChI is InChI=1S/C115H198O12/c1-7-13-19-25-30-34-38-42-46-50-54-58-62-72-82-92-110(116)122-100-106(126-114(120)96-86-75-64-60-56-52-48-44-40-36-32-27-21-15-9-3)102-124-112(118)94-84-74-67-66-69-79-89-105-99-98-104(88-78-24-18-12-6)108(90-80-70-29-23-17-11-5)109(105)91-81-71-68-77-85-95-113(119)125-103-107(127-115(121)97-87-76-65-61-57-53-49-45-41-37-33-28-22-16-10-4)101-123-111(117)93-83-73-63-59-55-51-47-43-39-35-31-26-20-14-8-2/h14,18,20,24,31-33,35-37,39,42-46,48-49,98-99,104-109H,7-13,15-17,19,21-23,25-30,34,38,40-41,47,50-97,100-103H2,1-6H3. The second-order valence-corrected chi connectivity index (χ2v) is 36.9. The van der Waals surface area contributed by atoms with Gasteiger partial charge in [0.25, 0.3) is 0 Å². The highest BCUT2D eigenvalue weighted by atomic mass is 16.6. The summed E-state index contributed by atoms with van der Waals surface area (Å²) in [6, 6.07) is 0. The second kappa shape index (κ2) is 96.3. The van der Waals surface area contributed by atoms with Crippen molar-refractivity contribution in [2.45, 2.75) is 522 Å². The highest BCUT2D eigenvalue weighted by molar-refractivity contribution is 5.72. The van der Waals surface area contributed by atoms with Gasteiger partial charge in [0, 0.05) is 38.5 Å². The minimum atomic E-state index is -0.846. The molecule has 1 aliphatic carbocycles. The molecule has 0 heterocycles. The van der Waals surface area contributed by atoms with E-state index in [1.165, 1.54) is 193 Å². The number of ether oxygens (including phenoxy) is 6. The monoisotopic (exact) mass is 1770 g/mol. The third-order valence-corrected chi connectivity index (χ3v) is 25.0. The molecular formula is C115H198O12. The van der Waals surface area contributed by atoms with Crippen molar-refractivity contribution >= 4 is 35.8 Å². The van der Waals surface area contributed by atoms with Crippen LogP contribution in [0.25, 0.3) is 0 Å². The summed E-state index contributed by atoms with van der Waals surface area (Å²) < 4.78 is 34.7. The van der Waals surface area contributed by atoms with Crippen LogP contribution in [0.4, 0.5) is 0 Å². The van der Waals surface area contributed by atoms with Crippen LogP contribution in [-0.2, 0) is 57.2 Å². The molecule has 0 aliphatic heterocycles. The van der Waals surface area contributed by atoms with Gasteiger partial charge in [0.15, 0.2) is 12.2 Å². The topological polar surface area (TPSA) is 158 Å². The molecule has 0 saturated carbocycles. The van der Waals surface area contributed by atoms with Gasteiger partial charge in [0.2, 0.25) is 0 Å². The smallest absolute Gasteiger partial charge is 0.306 e. The van der Waals surface area contributed by atoms with Gasteiger partial charge in [-0.25, -0.2) is 0 Å². The predicted octanol–water partition coefficient (Wildman–Crippen LogP) is 34.6. The Labute approximate surface area is 782 Å². The van der Waals surface area contributed by atoms with E-state index < -0.39 is 12.2 Å². The van der Waals surface area contributed by atoms with Crippen LogP contribution < -0.4 is 0 Å². The van der Waals surface area contributed by atoms with Crippen LogP contribution in [0.5, 0.6) is 0 Å². The number of esters is 6. The Morgan fingerprint density at radius 1 is 0.220 bits per heavy atom. The number of hydrogen-bond acceptors (Lipinski definition) is 12. The summed E-state index contributed by atoms with van der Waals surface area (Å²) in [5.41, 5.74) is 0. The molecule has 1 rings (SSSR count). The van der Waals surface area contributed by atoms with Gasteiger partial charge in [-0.15, -0.1) is 0 Å². The maximum Gasteiger partial charge on any atom is 0.306 e. The average Bonchev–Trinajstić information content (AvgIpc) is 0.815. The Kier molecular flexibility index (Phi) is 90.4. The molecule has 0 amide bonds. The lowest BCUT2D eigenvalue weighted by molar-refractivity contribution is -0.167. The number of carbonyl (C=O) groups excluding carboxylic acids is 6. The Morgan fingerprint density at radius 3 is 0.787 bits per heavy atom. The SMILES string of the molecule is CCC=CCC=CC=CCCCCCCCCC(=O)OCC(COC(=O)CCCCCCCC1C(CCCCCCCCC(=O)OCC(COC(=O)CCCCCCCC=CCCCCCCCC)OC(=O)CCCCCCCC=CCC=CCCCCC)C=CC(CCC=CCC)C1CCCCCCCC)OC(=O)CCCCCCCC=CCC=CCCCCC. The summed E-state index contributed by atoms with van der Waals surface area (Å²) in [7, 11) is 0. The van der Waals surface area contributed by atoms with E-state index in [1.54, 1.807) is 0 Å². The fourth-order valence-corrected chi connectivity index (χ4v) is 17.1. The van der Waals surface area contributed by atoms with Gasteiger partial charge in [0.1, 0.15) is 26.4 Å². The van der Waals surface area contributed by atoms with E-state index >= 15 is 0 Å². The minimum absolute atomic E-state index is 0.119. The number of allylic oxidation sites excluding steroid dienone is 20. The lowest BCUT2D eigenvalue weighted by Gasteiger charge is -2.41. The van der Waals surface area contributed by atoms with E-state index in [1.807, 2.05) is 0 Å². The fraction of sp³-hybridized carbons (Fsp3) is 0.774. The van der Waals surface area contributed by atoms with Gasteiger partial charge >= 0.3 is 35.8 Å². The summed E-state index contributed by atoms with van der Waals surface area (Å²) in [5.74, 6) is 0.570. The van der Waals surface area contributed by atoms with Crippen molar-refractivity contribution in [2.24, 2.45) is 23.7 Å². The van der Waals surface area contributed by atoms with Crippen LogP contribution in [0.3, 0.4) is 0 Å². The number of carbonyl (C=O) groups is 6. The van der Waals surface area contributed by atoms with Crippen LogP contribution in [0.1, 0.15) is 510 Å². The second-order valence-electron chi connectivity index (χ2n) is 36.9. The molecule has 127 heavy (non-hydrogen) atoms. The molecular weight excluding hydrogens is 1570 g/mol.